The average molecular weight is 311 g/mol. The second-order valence-electron chi connectivity index (χ2n) is 4.84. The van der Waals surface area contributed by atoms with Gasteiger partial charge in [-0.1, -0.05) is 26.0 Å². The maximum atomic E-state index is 11.3. The van der Waals surface area contributed by atoms with Gasteiger partial charge in [0.05, 0.1) is 22.1 Å². The fraction of sp³-hybridized carbons (Fsp3) is 0.357. The van der Waals surface area contributed by atoms with E-state index < -0.39 is 0 Å². The molecule has 0 amide bonds. The zero-order valence-corrected chi connectivity index (χ0v) is 13.1. The zero-order valence-electron chi connectivity index (χ0n) is 11.5. The first kappa shape index (κ1) is 14.9. The third-order valence-electron chi connectivity index (χ3n) is 3.05. The number of hydrogen-bond donors (Lipinski definition) is 0. The Kier molecular flexibility index (Phi) is 4.40. The van der Waals surface area contributed by atoms with E-state index in [9.17, 15) is 10.1 Å². The minimum atomic E-state index is -0.346. The van der Waals surface area contributed by atoms with E-state index in [2.05, 4.69) is 4.98 Å². The maximum Gasteiger partial charge on any atom is 0.282 e. The molecule has 0 aliphatic carbocycles. The fourth-order valence-corrected chi connectivity index (χ4v) is 3.49. The molecule has 1 aromatic carbocycles. The number of aryl methyl sites for hydroxylation is 1. The topological polar surface area (TPSA) is 56.0 Å². The van der Waals surface area contributed by atoms with E-state index in [1.807, 2.05) is 19.9 Å². The Labute approximate surface area is 126 Å². The summed E-state index contributed by atoms with van der Waals surface area (Å²) in [5, 5.41) is 11.9. The van der Waals surface area contributed by atoms with Crippen LogP contribution in [-0.2, 0) is 5.88 Å². The van der Waals surface area contributed by atoms with Crippen molar-refractivity contribution in [2.45, 2.75) is 32.6 Å². The van der Waals surface area contributed by atoms with Crippen LogP contribution < -0.4 is 0 Å². The van der Waals surface area contributed by atoms with Crippen molar-refractivity contribution in [3.8, 4) is 10.6 Å². The van der Waals surface area contributed by atoms with Crippen molar-refractivity contribution < 1.29 is 4.92 Å². The van der Waals surface area contributed by atoms with Gasteiger partial charge in [-0.2, -0.15) is 0 Å². The smallest absolute Gasteiger partial charge is 0.258 e. The standard InChI is InChI=1S/C14H15ClN2O2S/c1-8(2)12-11(7-15)20-14(16-12)10-6-4-5-9(3)13(10)17(18)19/h4-6,8H,7H2,1-3H3. The summed E-state index contributed by atoms with van der Waals surface area (Å²) in [7, 11) is 0. The van der Waals surface area contributed by atoms with E-state index in [0.717, 1.165) is 10.6 Å². The second kappa shape index (κ2) is 5.89. The average Bonchev–Trinajstić information content (AvgIpc) is 2.82. The van der Waals surface area contributed by atoms with Crippen LogP contribution in [0.2, 0.25) is 0 Å². The number of halogens is 1. The fourth-order valence-electron chi connectivity index (χ4n) is 2.10. The molecule has 0 aliphatic rings. The van der Waals surface area contributed by atoms with Crippen LogP contribution in [0.3, 0.4) is 0 Å². The molecule has 0 saturated carbocycles. The molecule has 0 fully saturated rings. The van der Waals surface area contributed by atoms with Gasteiger partial charge in [0.25, 0.3) is 5.69 Å². The highest BCUT2D eigenvalue weighted by Gasteiger charge is 2.22. The molecular weight excluding hydrogens is 296 g/mol. The van der Waals surface area contributed by atoms with Crippen molar-refractivity contribution in [3.05, 3.63) is 44.4 Å². The molecule has 6 heteroatoms. The van der Waals surface area contributed by atoms with Gasteiger partial charge < -0.3 is 0 Å². The first-order chi connectivity index (χ1) is 9.45. The van der Waals surface area contributed by atoms with Crippen molar-refractivity contribution in [1.82, 2.24) is 4.98 Å². The van der Waals surface area contributed by atoms with Crippen LogP contribution in [0, 0.1) is 17.0 Å². The minimum absolute atomic E-state index is 0.123. The van der Waals surface area contributed by atoms with Gasteiger partial charge in [0.1, 0.15) is 5.01 Å². The molecule has 0 bridgehead atoms. The Bertz CT molecular complexity index is 653. The number of alkyl halides is 1. The summed E-state index contributed by atoms with van der Waals surface area (Å²) in [6.07, 6.45) is 0. The highest BCUT2D eigenvalue weighted by atomic mass is 35.5. The third kappa shape index (κ3) is 2.69. The predicted octanol–water partition coefficient (Wildman–Crippen LogP) is 4.89. The Morgan fingerprint density at radius 2 is 2.15 bits per heavy atom. The van der Waals surface area contributed by atoms with E-state index >= 15 is 0 Å². The Morgan fingerprint density at radius 3 is 2.65 bits per heavy atom. The second-order valence-corrected chi connectivity index (χ2v) is 6.19. The molecule has 0 radical (unpaired) electrons. The quantitative estimate of drug-likeness (QED) is 0.459. The summed E-state index contributed by atoms with van der Waals surface area (Å²) < 4.78 is 0. The van der Waals surface area contributed by atoms with Crippen LogP contribution in [-0.4, -0.2) is 9.91 Å². The lowest BCUT2D eigenvalue weighted by Gasteiger charge is -2.02. The van der Waals surface area contributed by atoms with Gasteiger partial charge >= 0.3 is 0 Å². The van der Waals surface area contributed by atoms with Crippen LogP contribution in [0.25, 0.3) is 10.6 Å². The summed E-state index contributed by atoms with van der Waals surface area (Å²) in [6.45, 7) is 5.82. The van der Waals surface area contributed by atoms with Crippen molar-refractivity contribution >= 4 is 28.6 Å². The highest BCUT2D eigenvalue weighted by molar-refractivity contribution is 7.15. The van der Waals surface area contributed by atoms with Crippen molar-refractivity contribution in [2.75, 3.05) is 0 Å². The van der Waals surface area contributed by atoms with Crippen molar-refractivity contribution in [1.29, 1.82) is 0 Å². The molecule has 106 valence electrons. The molecule has 0 N–H and O–H groups in total. The normalized spacial score (nSPS) is 11.1. The first-order valence-electron chi connectivity index (χ1n) is 6.25. The van der Waals surface area contributed by atoms with E-state index in [4.69, 9.17) is 11.6 Å². The largest absolute Gasteiger partial charge is 0.282 e. The minimum Gasteiger partial charge on any atom is -0.258 e. The first-order valence-corrected chi connectivity index (χ1v) is 7.60. The Morgan fingerprint density at radius 1 is 1.45 bits per heavy atom. The van der Waals surface area contributed by atoms with E-state index in [-0.39, 0.29) is 16.5 Å². The summed E-state index contributed by atoms with van der Waals surface area (Å²) >= 11 is 7.38. The van der Waals surface area contributed by atoms with Gasteiger partial charge in [-0.05, 0) is 18.9 Å². The van der Waals surface area contributed by atoms with Crippen LogP contribution >= 0.6 is 22.9 Å². The SMILES string of the molecule is Cc1cccc(-c2nc(C(C)C)c(CCl)s2)c1[N+](=O)[O-]. The van der Waals surface area contributed by atoms with Crippen LogP contribution in [0.4, 0.5) is 5.69 Å². The molecule has 1 aromatic heterocycles. The van der Waals surface area contributed by atoms with E-state index in [1.54, 1.807) is 19.1 Å². The van der Waals surface area contributed by atoms with Gasteiger partial charge in [0.15, 0.2) is 0 Å². The summed E-state index contributed by atoms with van der Waals surface area (Å²) in [5.41, 5.74) is 2.26. The number of hydrogen-bond acceptors (Lipinski definition) is 4. The van der Waals surface area contributed by atoms with Gasteiger partial charge in [0, 0.05) is 10.4 Å². The zero-order chi connectivity index (χ0) is 14.9. The highest BCUT2D eigenvalue weighted by Crippen LogP contribution is 2.38. The van der Waals surface area contributed by atoms with Gasteiger partial charge in [-0.3, -0.25) is 10.1 Å². The lowest BCUT2D eigenvalue weighted by molar-refractivity contribution is -0.384. The van der Waals surface area contributed by atoms with Crippen LogP contribution in [0.1, 0.15) is 35.9 Å². The molecule has 0 unspecified atom stereocenters. The Balaban J connectivity index is 2.63. The van der Waals surface area contributed by atoms with Crippen molar-refractivity contribution in [2.24, 2.45) is 0 Å². The molecule has 1 heterocycles. The molecular formula is C14H15ClN2O2S. The van der Waals surface area contributed by atoms with Crippen LogP contribution in [0.15, 0.2) is 18.2 Å². The molecule has 0 aliphatic heterocycles. The van der Waals surface area contributed by atoms with E-state index in [1.165, 1.54) is 11.3 Å². The van der Waals surface area contributed by atoms with E-state index in [0.29, 0.717) is 22.0 Å². The molecule has 2 rings (SSSR count). The number of nitrogens with zero attached hydrogens (tertiary/aromatic N) is 2. The summed E-state index contributed by atoms with van der Waals surface area (Å²) in [5.74, 6) is 0.628. The number of rotatable bonds is 4. The van der Waals surface area contributed by atoms with Gasteiger partial charge in [0.2, 0.25) is 0 Å². The van der Waals surface area contributed by atoms with Crippen molar-refractivity contribution in [3.63, 3.8) is 0 Å². The number of para-hydroxylation sites is 1. The molecule has 0 saturated heterocycles. The lowest BCUT2D eigenvalue weighted by atomic mass is 10.1. The summed E-state index contributed by atoms with van der Waals surface area (Å²) in [4.78, 5) is 16.5. The number of aromatic nitrogens is 1. The van der Waals surface area contributed by atoms with Gasteiger partial charge in [-0.15, -0.1) is 22.9 Å². The molecule has 0 spiro atoms. The lowest BCUT2D eigenvalue weighted by Crippen LogP contribution is -1.95. The maximum absolute atomic E-state index is 11.3. The number of nitro groups is 1. The molecule has 2 aromatic rings. The molecule has 0 atom stereocenters. The summed E-state index contributed by atoms with van der Waals surface area (Å²) in [6, 6.07) is 5.29. The molecule has 20 heavy (non-hydrogen) atoms. The van der Waals surface area contributed by atoms with Crippen LogP contribution in [0.5, 0.6) is 0 Å². The Hall–Kier alpha value is -1.46. The number of thiazole rings is 1. The molecule has 4 nitrogen and oxygen atoms in total. The van der Waals surface area contributed by atoms with Gasteiger partial charge in [-0.25, -0.2) is 4.98 Å². The number of nitro benzene ring substituents is 1. The number of benzene rings is 1. The third-order valence-corrected chi connectivity index (χ3v) is 4.58. The monoisotopic (exact) mass is 310 g/mol. The predicted molar refractivity (Wildman–Crippen MR) is 82.6 cm³/mol.